The van der Waals surface area contributed by atoms with Crippen LogP contribution in [0.5, 0.6) is 0 Å². The van der Waals surface area contributed by atoms with Crippen LogP contribution in [0.25, 0.3) is 0 Å². The van der Waals surface area contributed by atoms with E-state index in [0.29, 0.717) is 6.61 Å². The van der Waals surface area contributed by atoms with Gasteiger partial charge >= 0.3 is 0 Å². The maximum atomic E-state index is 9.13. The third-order valence-electron chi connectivity index (χ3n) is 3.40. The molecule has 2 N–H and O–H groups in total. The molecule has 0 saturated carbocycles. The van der Waals surface area contributed by atoms with E-state index in [-0.39, 0.29) is 13.2 Å². The van der Waals surface area contributed by atoms with Crippen molar-refractivity contribution in [1.82, 2.24) is 0 Å². The first-order chi connectivity index (χ1) is 10.5. The van der Waals surface area contributed by atoms with Crippen LogP contribution in [0.3, 0.4) is 0 Å². The van der Waals surface area contributed by atoms with Crippen molar-refractivity contribution in [3.8, 4) is 0 Å². The van der Waals surface area contributed by atoms with E-state index in [1.54, 1.807) is 0 Å². The molecule has 1 atom stereocenters. The molecule has 0 bridgehead atoms. The Hall–Kier alpha value is -0.900. The number of hydrogen-bond acceptors (Lipinski definition) is 3. The van der Waals surface area contributed by atoms with Gasteiger partial charge in [0.2, 0.25) is 0 Å². The minimum Gasteiger partial charge on any atom is -0.394 e. The Labute approximate surface area is 136 Å². The van der Waals surface area contributed by atoms with Crippen molar-refractivity contribution in [2.45, 2.75) is 65.9 Å². The van der Waals surface area contributed by atoms with E-state index >= 15 is 0 Å². The van der Waals surface area contributed by atoms with Crippen molar-refractivity contribution < 1.29 is 14.9 Å². The van der Waals surface area contributed by atoms with Crippen LogP contribution in [0.1, 0.15) is 59.8 Å². The van der Waals surface area contributed by atoms with Crippen molar-refractivity contribution in [1.29, 1.82) is 0 Å². The molecule has 0 aromatic heterocycles. The second kappa shape index (κ2) is 13.7. The van der Waals surface area contributed by atoms with E-state index in [1.165, 1.54) is 16.7 Å². The maximum absolute atomic E-state index is 9.13. The number of aliphatic hydroxyl groups is 2. The lowest BCUT2D eigenvalue weighted by Crippen LogP contribution is -2.19. The Morgan fingerprint density at radius 3 is 2.00 bits per heavy atom. The summed E-state index contributed by atoms with van der Waals surface area (Å²) in [6.45, 7) is 9.19. The highest BCUT2D eigenvalue weighted by Crippen LogP contribution is 2.11. The summed E-state index contributed by atoms with van der Waals surface area (Å²) in [4.78, 5) is 0. The summed E-state index contributed by atoms with van der Waals surface area (Å²) in [5.74, 6) is 0. The molecule has 0 radical (unpaired) electrons. The lowest BCUT2D eigenvalue weighted by atomic mass is 10.1. The smallest absolute Gasteiger partial charge is 0.100 e. The van der Waals surface area contributed by atoms with Gasteiger partial charge in [0, 0.05) is 0 Å². The van der Waals surface area contributed by atoms with Gasteiger partial charge in [-0.15, -0.1) is 0 Å². The minimum absolute atomic E-state index is 0.205. The van der Waals surface area contributed by atoms with E-state index in [1.807, 2.05) is 0 Å². The standard InChI is InChI=1S/C19H34O3/c1-16(2)8-5-9-17(3)10-6-11-18(4)12-7-13-22-15-19(21)14-20/h8,10,12,19-21H,5-7,9,11,13-15H2,1-4H3. The number of hydrogen-bond donors (Lipinski definition) is 2. The zero-order chi connectivity index (χ0) is 16.8. The summed E-state index contributed by atoms with van der Waals surface area (Å²) in [6.07, 6.45) is 11.4. The number of rotatable bonds is 12. The van der Waals surface area contributed by atoms with Gasteiger partial charge < -0.3 is 14.9 Å². The van der Waals surface area contributed by atoms with Gasteiger partial charge in [0.05, 0.1) is 19.8 Å². The highest BCUT2D eigenvalue weighted by atomic mass is 16.5. The third-order valence-corrected chi connectivity index (χ3v) is 3.40. The molecule has 128 valence electrons. The lowest BCUT2D eigenvalue weighted by Gasteiger charge is -2.07. The molecule has 0 aliphatic carbocycles. The number of allylic oxidation sites excluding steroid dienone is 5. The topological polar surface area (TPSA) is 49.7 Å². The normalized spacial score (nSPS) is 14.1. The monoisotopic (exact) mass is 310 g/mol. The summed E-state index contributed by atoms with van der Waals surface area (Å²) in [7, 11) is 0. The van der Waals surface area contributed by atoms with Gasteiger partial charge in [0.25, 0.3) is 0 Å². The zero-order valence-electron chi connectivity index (χ0n) is 14.8. The Bertz CT molecular complexity index is 363. The van der Waals surface area contributed by atoms with Crippen molar-refractivity contribution in [2.24, 2.45) is 0 Å². The minimum atomic E-state index is -0.760. The first-order valence-corrected chi connectivity index (χ1v) is 8.27. The van der Waals surface area contributed by atoms with Gasteiger partial charge in [-0.25, -0.2) is 0 Å². The molecule has 0 fully saturated rings. The van der Waals surface area contributed by atoms with Gasteiger partial charge in [-0.3, -0.25) is 0 Å². The Kier molecular flexibility index (Phi) is 13.2. The molecular weight excluding hydrogens is 276 g/mol. The first kappa shape index (κ1) is 21.1. The molecule has 0 rings (SSSR count). The summed E-state index contributed by atoms with van der Waals surface area (Å²) in [5, 5.41) is 17.8. The van der Waals surface area contributed by atoms with Gasteiger partial charge in [-0.1, -0.05) is 34.9 Å². The van der Waals surface area contributed by atoms with Crippen molar-refractivity contribution in [3.05, 3.63) is 34.9 Å². The van der Waals surface area contributed by atoms with Crippen LogP contribution in [0.15, 0.2) is 34.9 Å². The number of ether oxygens (including phenoxy) is 1. The third kappa shape index (κ3) is 14.1. The van der Waals surface area contributed by atoms with Crippen LogP contribution < -0.4 is 0 Å². The van der Waals surface area contributed by atoms with Crippen LogP contribution in [-0.2, 0) is 4.74 Å². The van der Waals surface area contributed by atoms with Crippen LogP contribution in [-0.4, -0.2) is 36.1 Å². The van der Waals surface area contributed by atoms with Gasteiger partial charge in [-0.05, 0) is 59.8 Å². The molecule has 0 aliphatic heterocycles. The molecule has 0 saturated heterocycles. The molecule has 3 heteroatoms. The average Bonchev–Trinajstić information content (AvgIpc) is 2.46. The van der Waals surface area contributed by atoms with Gasteiger partial charge in [-0.2, -0.15) is 0 Å². The zero-order valence-corrected chi connectivity index (χ0v) is 14.8. The second-order valence-corrected chi connectivity index (χ2v) is 6.16. The first-order valence-electron chi connectivity index (χ1n) is 8.27. The fraction of sp³-hybridized carbons (Fsp3) is 0.684. The van der Waals surface area contributed by atoms with Crippen LogP contribution in [0.2, 0.25) is 0 Å². The molecule has 0 aliphatic rings. The summed E-state index contributed by atoms with van der Waals surface area (Å²) in [5.41, 5.74) is 4.23. The molecule has 0 aromatic carbocycles. The second-order valence-electron chi connectivity index (χ2n) is 6.16. The van der Waals surface area contributed by atoms with Crippen molar-refractivity contribution in [3.63, 3.8) is 0 Å². The highest BCUT2D eigenvalue weighted by molar-refractivity contribution is 5.05. The van der Waals surface area contributed by atoms with Crippen molar-refractivity contribution >= 4 is 0 Å². The number of aliphatic hydroxyl groups excluding tert-OH is 2. The van der Waals surface area contributed by atoms with E-state index in [0.717, 1.165) is 32.1 Å². The van der Waals surface area contributed by atoms with Crippen molar-refractivity contribution in [2.75, 3.05) is 19.8 Å². The molecule has 0 spiro atoms. The van der Waals surface area contributed by atoms with Crippen LogP contribution >= 0.6 is 0 Å². The predicted octanol–water partition coefficient (Wildman–Crippen LogP) is 4.17. The van der Waals surface area contributed by atoms with Gasteiger partial charge in [0.15, 0.2) is 0 Å². The Balaban J connectivity index is 3.76. The average molecular weight is 310 g/mol. The molecular formula is C19H34O3. The lowest BCUT2D eigenvalue weighted by molar-refractivity contribution is 0.00764. The van der Waals surface area contributed by atoms with Gasteiger partial charge in [0.1, 0.15) is 6.10 Å². The van der Waals surface area contributed by atoms with E-state index in [4.69, 9.17) is 14.9 Å². The maximum Gasteiger partial charge on any atom is 0.100 e. The fourth-order valence-corrected chi connectivity index (χ4v) is 2.00. The highest BCUT2D eigenvalue weighted by Gasteiger charge is 2.00. The largest absolute Gasteiger partial charge is 0.394 e. The predicted molar refractivity (Wildman–Crippen MR) is 93.9 cm³/mol. The quantitative estimate of drug-likeness (QED) is 0.420. The molecule has 0 aromatic rings. The molecule has 3 nitrogen and oxygen atoms in total. The molecule has 1 unspecified atom stereocenters. The Morgan fingerprint density at radius 2 is 1.45 bits per heavy atom. The molecule has 0 amide bonds. The molecule has 22 heavy (non-hydrogen) atoms. The summed E-state index contributed by atoms with van der Waals surface area (Å²) in [6, 6.07) is 0. The Morgan fingerprint density at radius 1 is 0.909 bits per heavy atom. The summed E-state index contributed by atoms with van der Waals surface area (Å²) >= 11 is 0. The SMILES string of the molecule is CC(C)=CCCC(C)=CCCC(C)=CCCOCC(O)CO. The van der Waals surface area contributed by atoms with Crippen LogP contribution in [0, 0.1) is 0 Å². The molecule has 0 heterocycles. The van der Waals surface area contributed by atoms with E-state index < -0.39 is 6.10 Å². The summed E-state index contributed by atoms with van der Waals surface area (Å²) < 4.78 is 5.27. The fourth-order valence-electron chi connectivity index (χ4n) is 2.00. The van der Waals surface area contributed by atoms with E-state index in [2.05, 4.69) is 45.9 Å². The van der Waals surface area contributed by atoms with Crippen LogP contribution in [0.4, 0.5) is 0 Å². The van der Waals surface area contributed by atoms with E-state index in [9.17, 15) is 0 Å².